The lowest BCUT2D eigenvalue weighted by Gasteiger charge is -2.50. The van der Waals surface area contributed by atoms with Gasteiger partial charge >= 0.3 is 0 Å². The minimum atomic E-state index is -0.540. The van der Waals surface area contributed by atoms with E-state index in [9.17, 15) is 0 Å². The molecule has 0 saturated carbocycles. The first-order valence-electron chi connectivity index (χ1n) is 32.3. The Morgan fingerprint density at radius 2 is 0.413 bits per heavy atom. The topological polar surface area (TPSA) is 6.48 Å². The first kappa shape index (κ1) is 54.8. The van der Waals surface area contributed by atoms with Crippen LogP contribution in [0.3, 0.4) is 0 Å². The molecule has 14 aromatic carbocycles. The van der Waals surface area contributed by atoms with Crippen molar-refractivity contribution in [1.82, 2.24) is 0 Å². The second-order valence-electron chi connectivity index (χ2n) is 25.3. The Morgan fingerprint density at radius 1 is 0.185 bits per heavy atom. The predicted octanol–water partition coefficient (Wildman–Crippen LogP) is 22.4. The molecule has 4 aliphatic carbocycles. The van der Waals surface area contributed by atoms with Gasteiger partial charge in [-0.15, -0.1) is 0 Å². The Morgan fingerprint density at radius 3 is 0.728 bits per heavy atom. The Bertz CT molecular complexity index is 4860. The van der Waals surface area contributed by atoms with E-state index >= 15 is 0 Å². The van der Waals surface area contributed by atoms with Crippen molar-refractivity contribution >= 4 is 34.1 Å². The minimum Gasteiger partial charge on any atom is -0.310 e. The van der Waals surface area contributed by atoms with Crippen LogP contribution in [0.25, 0.3) is 22.3 Å². The molecule has 0 N–H and O–H groups in total. The number of fused-ring (bicyclic) bond motifs is 18. The van der Waals surface area contributed by atoms with Crippen LogP contribution in [-0.4, -0.2) is 0 Å². The van der Waals surface area contributed by atoms with E-state index in [0.29, 0.717) is 0 Å². The maximum atomic E-state index is 2.42. The molecule has 92 heavy (non-hydrogen) atoms. The largest absolute Gasteiger partial charge is 0.310 e. The number of hydrogen-bond acceptors (Lipinski definition) is 2. The van der Waals surface area contributed by atoms with Crippen molar-refractivity contribution in [2.24, 2.45) is 0 Å². The number of benzene rings is 14. The van der Waals surface area contributed by atoms with Gasteiger partial charge in [0.15, 0.2) is 0 Å². The summed E-state index contributed by atoms with van der Waals surface area (Å²) >= 11 is 0. The van der Waals surface area contributed by atoms with Crippen molar-refractivity contribution in [3.05, 3.63) is 442 Å². The fourth-order valence-electron chi connectivity index (χ4n) is 17.0. The van der Waals surface area contributed by atoms with Gasteiger partial charge in [-0.3, -0.25) is 0 Å². The smallest absolute Gasteiger partial charge is 0.0720 e. The molecule has 0 heterocycles. The van der Waals surface area contributed by atoms with Crippen molar-refractivity contribution in [3.8, 4) is 22.3 Å². The molecule has 14 aromatic rings. The fraction of sp³-hybridized carbons (Fsp3) is 0.0667. The Hall–Kier alpha value is -11.3. The molecule has 2 nitrogen and oxygen atoms in total. The molecule has 0 radical (unpaired) electrons. The van der Waals surface area contributed by atoms with E-state index in [4.69, 9.17) is 0 Å². The molecule has 18 rings (SSSR count). The third-order valence-electron chi connectivity index (χ3n) is 20.5. The minimum absolute atomic E-state index is 0.103. The zero-order valence-electron chi connectivity index (χ0n) is 51.5. The van der Waals surface area contributed by atoms with E-state index in [2.05, 4.69) is 388 Å². The first-order chi connectivity index (χ1) is 45.5. The van der Waals surface area contributed by atoms with Crippen LogP contribution in [0.4, 0.5) is 34.1 Å². The van der Waals surface area contributed by atoms with Crippen LogP contribution in [0.2, 0.25) is 0 Å². The van der Waals surface area contributed by atoms with Gasteiger partial charge in [0.25, 0.3) is 0 Å². The van der Waals surface area contributed by atoms with Crippen LogP contribution in [0.15, 0.2) is 364 Å². The number of para-hydroxylation sites is 4. The quantitative estimate of drug-likeness (QED) is 0.150. The van der Waals surface area contributed by atoms with Crippen LogP contribution in [0.1, 0.15) is 91.7 Å². The number of nitrogens with zero attached hydrogens (tertiary/aromatic N) is 2. The molecule has 0 fully saturated rings. The summed E-state index contributed by atoms with van der Waals surface area (Å²) in [7, 11) is 0. The van der Waals surface area contributed by atoms with Crippen molar-refractivity contribution in [1.29, 1.82) is 0 Å². The van der Waals surface area contributed by atoms with Crippen LogP contribution in [-0.2, 0) is 21.7 Å². The van der Waals surface area contributed by atoms with E-state index in [1.54, 1.807) is 0 Å². The first-order valence-corrected chi connectivity index (χ1v) is 32.3. The van der Waals surface area contributed by atoms with Crippen LogP contribution >= 0.6 is 0 Å². The molecule has 0 saturated heterocycles. The van der Waals surface area contributed by atoms with E-state index in [-0.39, 0.29) is 5.41 Å². The van der Waals surface area contributed by atoms with Crippen molar-refractivity contribution in [2.75, 3.05) is 9.80 Å². The molecule has 2 heteroatoms. The second-order valence-corrected chi connectivity index (χ2v) is 25.3. The molecule has 2 spiro atoms. The van der Waals surface area contributed by atoms with Crippen LogP contribution in [0.5, 0.6) is 0 Å². The molecule has 0 unspecified atom stereocenters. The average Bonchev–Trinajstić information content (AvgIpc) is 1.31. The summed E-state index contributed by atoms with van der Waals surface area (Å²) in [6, 6.07) is 134. The van der Waals surface area contributed by atoms with E-state index in [1.807, 2.05) is 0 Å². The molecular weight excluding hydrogens is 1110 g/mol. The third-order valence-corrected chi connectivity index (χ3v) is 20.5. The normalized spacial score (nSPS) is 14.5. The van der Waals surface area contributed by atoms with Crippen molar-refractivity contribution < 1.29 is 0 Å². The van der Waals surface area contributed by atoms with Gasteiger partial charge < -0.3 is 9.80 Å². The Kier molecular flexibility index (Phi) is 12.9. The van der Waals surface area contributed by atoms with Crippen LogP contribution in [0, 0.1) is 0 Å². The summed E-state index contributed by atoms with van der Waals surface area (Å²) in [6.07, 6.45) is 0. The molecule has 0 aliphatic heterocycles. The SMILES string of the molecule is CC1(C)c2ccccc2C2(c3ccccc3-c3c(N(c4ccccc4)c4ccccc4)cccc32)c2ccccc21.c1ccc(N(c2ccccc2)c2cccc3c2-c2ccccc2C32c3ccccc3C(c3ccccc3)(c3ccccc3)c3ccccc32)cc1. The van der Waals surface area contributed by atoms with Gasteiger partial charge in [0.2, 0.25) is 0 Å². The number of rotatable bonds is 8. The lowest BCUT2D eigenvalue weighted by Crippen LogP contribution is -2.44. The van der Waals surface area contributed by atoms with Gasteiger partial charge in [-0.2, -0.15) is 0 Å². The summed E-state index contributed by atoms with van der Waals surface area (Å²) in [4.78, 5) is 4.84. The van der Waals surface area contributed by atoms with E-state index < -0.39 is 16.2 Å². The lowest BCUT2D eigenvalue weighted by atomic mass is 9.51. The summed E-state index contributed by atoms with van der Waals surface area (Å²) in [5.74, 6) is 0. The molecule has 0 amide bonds. The molecule has 0 atom stereocenters. The van der Waals surface area contributed by atoms with Gasteiger partial charge in [0.05, 0.1) is 27.6 Å². The van der Waals surface area contributed by atoms with Gasteiger partial charge in [-0.05, 0) is 150 Å². The standard InChI is InChI=1S/C50H35N.C40H31N/c1-5-20-36(21-6-1)49(37-22-7-2-8-23-37)42-30-15-17-32-44(42)50(45-33-18-16-31-43(45)49)41-29-14-13-28-40(41)48-46(50)34-19-35-47(48)51(38-24-9-3-10-25-38)39-26-11-4-12-27-39;1-39(2)32-22-11-13-24-34(32)40(35-25-14-12-23-33(35)39)31-21-10-9-20-30(31)38-36(40)26-15-27-37(38)41(28-16-5-3-6-17-28)29-18-7-4-8-19-29/h1-35H;3-27H,1-2H3. The third kappa shape index (κ3) is 7.80. The summed E-state index contributed by atoms with van der Waals surface area (Å²) in [5, 5.41) is 0. The van der Waals surface area contributed by atoms with Gasteiger partial charge in [-0.25, -0.2) is 0 Å². The summed E-state index contributed by atoms with van der Waals surface area (Å²) < 4.78 is 0. The van der Waals surface area contributed by atoms with E-state index in [0.717, 1.165) is 22.7 Å². The molecular formula is C90H66N2. The average molecular weight is 1180 g/mol. The molecule has 4 aliphatic rings. The Labute approximate surface area is 540 Å². The molecule has 0 aromatic heterocycles. The molecule has 0 bridgehead atoms. The Balaban J connectivity index is 0.000000144. The van der Waals surface area contributed by atoms with Gasteiger partial charge in [0.1, 0.15) is 0 Å². The predicted molar refractivity (Wildman–Crippen MR) is 381 cm³/mol. The maximum Gasteiger partial charge on any atom is 0.0720 e. The fourth-order valence-corrected chi connectivity index (χ4v) is 17.0. The number of anilines is 6. The lowest BCUT2D eigenvalue weighted by molar-refractivity contribution is 0.563. The number of hydrogen-bond donors (Lipinski definition) is 0. The highest BCUT2D eigenvalue weighted by atomic mass is 15.2. The monoisotopic (exact) mass is 1170 g/mol. The zero-order chi connectivity index (χ0) is 61.4. The van der Waals surface area contributed by atoms with Gasteiger partial charge in [0, 0.05) is 39.3 Å². The zero-order valence-corrected chi connectivity index (χ0v) is 51.5. The molecule has 436 valence electrons. The highest BCUT2D eigenvalue weighted by molar-refractivity contribution is 6.00. The second kappa shape index (κ2) is 21.7. The highest BCUT2D eigenvalue weighted by Gasteiger charge is 2.58. The van der Waals surface area contributed by atoms with Crippen molar-refractivity contribution in [2.45, 2.75) is 35.5 Å². The van der Waals surface area contributed by atoms with Gasteiger partial charge in [-0.1, -0.05) is 317 Å². The van der Waals surface area contributed by atoms with Crippen molar-refractivity contribution in [3.63, 3.8) is 0 Å². The summed E-state index contributed by atoms with van der Waals surface area (Å²) in [6.45, 7) is 4.75. The van der Waals surface area contributed by atoms with Crippen LogP contribution < -0.4 is 9.80 Å². The van der Waals surface area contributed by atoms with E-state index in [1.165, 1.54) is 112 Å². The highest BCUT2D eigenvalue weighted by Crippen LogP contribution is 2.67. The summed E-state index contributed by atoms with van der Waals surface area (Å²) in [5.41, 5.74) is 29.3. The maximum absolute atomic E-state index is 2.42.